The van der Waals surface area contributed by atoms with Gasteiger partial charge < -0.3 is 5.11 Å². The van der Waals surface area contributed by atoms with Crippen molar-refractivity contribution in [3.63, 3.8) is 0 Å². The second-order valence-electron chi connectivity index (χ2n) is 3.48. The highest BCUT2D eigenvalue weighted by Gasteiger charge is 2.10. The molecule has 2 heteroatoms. The van der Waals surface area contributed by atoms with Gasteiger partial charge in [0, 0.05) is 0 Å². The Hall–Kier alpha value is -1.02. The van der Waals surface area contributed by atoms with Gasteiger partial charge >= 0.3 is 0 Å². The first-order valence-corrected chi connectivity index (χ1v) is 3.60. The third-order valence-corrected chi connectivity index (χ3v) is 1.59. The van der Waals surface area contributed by atoms with Gasteiger partial charge in [0.1, 0.15) is 5.69 Å². The number of benzene rings is 1. The minimum absolute atomic E-state index is 0.111. The summed E-state index contributed by atoms with van der Waals surface area (Å²) in [5.74, 6) is 0.111. The second kappa shape index (κ2) is 2.55. The molecule has 0 aromatic heterocycles. The van der Waals surface area contributed by atoms with Crippen molar-refractivity contribution in [1.29, 1.82) is 0 Å². The Morgan fingerprint density at radius 2 is 1.64 bits per heavy atom. The molecule has 1 aromatic rings. The van der Waals surface area contributed by atoms with Crippen LogP contribution in [0.5, 0.6) is 5.75 Å². The number of quaternary nitrogens is 1. The molecule has 0 spiro atoms. The fourth-order valence-corrected chi connectivity index (χ4v) is 1.01. The minimum Gasteiger partial charge on any atom is -0.868 e. The fraction of sp³-hybridized carbons (Fsp3) is 0.333. The Bertz CT molecular complexity index is 250. The number of hydrogen-bond donors (Lipinski definition) is 0. The summed E-state index contributed by atoms with van der Waals surface area (Å²) < 4.78 is 0.583. The molecule has 60 valence electrons. The zero-order chi connectivity index (χ0) is 8.48. The van der Waals surface area contributed by atoms with Crippen LogP contribution in [0.2, 0.25) is 0 Å². The van der Waals surface area contributed by atoms with E-state index in [1.54, 1.807) is 12.1 Å². The summed E-state index contributed by atoms with van der Waals surface area (Å²) in [5.41, 5.74) is 0.826. The van der Waals surface area contributed by atoms with Crippen molar-refractivity contribution < 1.29 is 5.11 Å². The lowest BCUT2D eigenvalue weighted by Crippen LogP contribution is -2.35. The van der Waals surface area contributed by atoms with Gasteiger partial charge in [0.2, 0.25) is 0 Å². The van der Waals surface area contributed by atoms with Crippen molar-refractivity contribution in [2.24, 2.45) is 0 Å². The zero-order valence-corrected chi connectivity index (χ0v) is 7.16. The molecule has 0 saturated carbocycles. The first kappa shape index (κ1) is 8.08. The van der Waals surface area contributed by atoms with E-state index in [0.29, 0.717) is 4.48 Å². The number of hydrogen-bond acceptors (Lipinski definition) is 1. The lowest BCUT2D eigenvalue weighted by atomic mass is 10.2. The maximum Gasteiger partial charge on any atom is 0.124 e. The minimum atomic E-state index is 0.111. The van der Waals surface area contributed by atoms with Gasteiger partial charge in [0.25, 0.3) is 0 Å². The van der Waals surface area contributed by atoms with Crippen LogP contribution < -0.4 is 9.59 Å². The molecule has 1 aromatic carbocycles. The highest BCUT2D eigenvalue weighted by atomic mass is 16.3. The van der Waals surface area contributed by atoms with Gasteiger partial charge in [-0.1, -0.05) is 18.2 Å². The second-order valence-corrected chi connectivity index (χ2v) is 3.48. The molecule has 0 aliphatic carbocycles. The molecule has 11 heavy (non-hydrogen) atoms. The number of para-hydroxylation sites is 2. The van der Waals surface area contributed by atoms with Crippen LogP contribution in [-0.4, -0.2) is 21.1 Å². The molecule has 0 bridgehead atoms. The Kier molecular flexibility index (Phi) is 1.87. The lowest BCUT2D eigenvalue weighted by molar-refractivity contribution is -0.268. The van der Waals surface area contributed by atoms with Crippen LogP contribution >= 0.6 is 0 Å². The van der Waals surface area contributed by atoms with E-state index in [1.165, 1.54) is 0 Å². The van der Waals surface area contributed by atoms with Crippen LogP contribution in [-0.2, 0) is 0 Å². The maximum atomic E-state index is 11.3. The van der Waals surface area contributed by atoms with E-state index in [0.717, 1.165) is 5.69 Å². The molecular formula is C9H13NO. The average Bonchev–Trinajstić information content (AvgIpc) is 1.86. The smallest absolute Gasteiger partial charge is 0.124 e. The molecule has 0 aliphatic rings. The Morgan fingerprint density at radius 3 is 2.00 bits per heavy atom. The van der Waals surface area contributed by atoms with Gasteiger partial charge in [0.05, 0.1) is 21.1 Å². The predicted octanol–water partition coefficient (Wildman–Crippen LogP) is 0.957. The molecule has 0 aliphatic heterocycles. The first-order chi connectivity index (χ1) is 5.02. The van der Waals surface area contributed by atoms with Gasteiger partial charge in [-0.25, -0.2) is 0 Å². The molecule has 0 heterocycles. The van der Waals surface area contributed by atoms with Crippen LogP contribution in [0.1, 0.15) is 0 Å². The summed E-state index contributed by atoms with van der Waals surface area (Å²) in [4.78, 5) is 0. The highest BCUT2D eigenvalue weighted by Crippen LogP contribution is 2.25. The van der Waals surface area contributed by atoms with Gasteiger partial charge in [0.15, 0.2) is 0 Å². The summed E-state index contributed by atoms with van der Waals surface area (Å²) in [5, 5.41) is 11.3. The zero-order valence-electron chi connectivity index (χ0n) is 7.16. The first-order valence-electron chi connectivity index (χ1n) is 3.60. The molecule has 0 saturated heterocycles. The molecular weight excluding hydrogens is 138 g/mol. The van der Waals surface area contributed by atoms with E-state index in [9.17, 15) is 5.11 Å². The standard InChI is InChI=1S/C9H13NO/c1-10(2,3)8-6-4-5-7-9(8)11/h4-7H,1-3H3. The van der Waals surface area contributed by atoms with Crippen LogP contribution in [0, 0.1) is 0 Å². The predicted molar refractivity (Wildman–Crippen MR) is 45.5 cm³/mol. The van der Waals surface area contributed by atoms with Crippen LogP contribution in [0.3, 0.4) is 0 Å². The average molecular weight is 151 g/mol. The summed E-state index contributed by atoms with van der Waals surface area (Å²) >= 11 is 0. The topological polar surface area (TPSA) is 23.1 Å². The normalized spacial score (nSPS) is 11.5. The molecule has 1 rings (SSSR count). The van der Waals surface area contributed by atoms with Gasteiger partial charge in [-0.2, -0.15) is 0 Å². The maximum absolute atomic E-state index is 11.3. The molecule has 0 amide bonds. The van der Waals surface area contributed by atoms with E-state index in [-0.39, 0.29) is 5.75 Å². The van der Waals surface area contributed by atoms with Crippen molar-refractivity contribution in [1.82, 2.24) is 4.48 Å². The van der Waals surface area contributed by atoms with Crippen molar-refractivity contribution in [2.75, 3.05) is 21.1 Å². The monoisotopic (exact) mass is 151 g/mol. The van der Waals surface area contributed by atoms with Crippen molar-refractivity contribution in [3.05, 3.63) is 24.3 Å². The molecule has 0 radical (unpaired) electrons. The summed E-state index contributed by atoms with van der Waals surface area (Å²) in [7, 11) is 5.95. The third-order valence-electron chi connectivity index (χ3n) is 1.59. The Labute approximate surface area is 67.3 Å². The van der Waals surface area contributed by atoms with Crippen LogP contribution in [0.15, 0.2) is 24.3 Å². The van der Waals surface area contributed by atoms with E-state index >= 15 is 0 Å². The van der Waals surface area contributed by atoms with Crippen molar-refractivity contribution >= 4 is 5.69 Å². The largest absolute Gasteiger partial charge is 0.868 e. The van der Waals surface area contributed by atoms with Gasteiger partial charge in [-0.15, -0.1) is 0 Å². The molecule has 0 atom stereocenters. The van der Waals surface area contributed by atoms with Crippen molar-refractivity contribution in [2.45, 2.75) is 0 Å². The Morgan fingerprint density at radius 1 is 1.09 bits per heavy atom. The van der Waals surface area contributed by atoms with Crippen LogP contribution in [0.25, 0.3) is 0 Å². The van der Waals surface area contributed by atoms with E-state index < -0.39 is 0 Å². The van der Waals surface area contributed by atoms with Gasteiger partial charge in [-0.05, 0) is 11.8 Å². The third kappa shape index (κ3) is 1.71. The molecule has 0 unspecified atom stereocenters. The quantitative estimate of drug-likeness (QED) is 0.548. The fourth-order valence-electron chi connectivity index (χ4n) is 1.01. The summed E-state index contributed by atoms with van der Waals surface area (Å²) in [6.07, 6.45) is 0. The molecule has 2 nitrogen and oxygen atoms in total. The highest BCUT2D eigenvalue weighted by molar-refractivity contribution is 5.52. The lowest BCUT2D eigenvalue weighted by Gasteiger charge is -2.27. The van der Waals surface area contributed by atoms with Crippen molar-refractivity contribution in [3.8, 4) is 5.75 Å². The molecule has 0 fully saturated rings. The Balaban J connectivity index is 3.14. The van der Waals surface area contributed by atoms with E-state index in [2.05, 4.69) is 0 Å². The van der Waals surface area contributed by atoms with Gasteiger partial charge in [-0.3, -0.25) is 4.48 Å². The van der Waals surface area contributed by atoms with E-state index in [1.807, 2.05) is 33.3 Å². The van der Waals surface area contributed by atoms with Crippen LogP contribution in [0.4, 0.5) is 5.69 Å². The number of rotatable bonds is 1. The SMILES string of the molecule is C[N+](C)(C)c1ccccc1[O-]. The number of nitrogens with zero attached hydrogens (tertiary/aromatic N) is 1. The molecule has 0 N–H and O–H groups in total. The summed E-state index contributed by atoms with van der Waals surface area (Å²) in [6.45, 7) is 0. The summed E-state index contributed by atoms with van der Waals surface area (Å²) in [6, 6.07) is 7.11. The van der Waals surface area contributed by atoms with E-state index in [4.69, 9.17) is 0 Å².